The molecule has 1 saturated heterocycles. The summed E-state index contributed by atoms with van der Waals surface area (Å²) in [6, 6.07) is 2.39. The lowest BCUT2D eigenvalue weighted by Gasteiger charge is -2.18. The van der Waals surface area contributed by atoms with E-state index >= 15 is 0 Å². The first-order chi connectivity index (χ1) is 9.38. The number of benzene rings is 1. The van der Waals surface area contributed by atoms with Crippen LogP contribution in [-0.4, -0.2) is 31.9 Å². The van der Waals surface area contributed by atoms with Crippen molar-refractivity contribution in [2.45, 2.75) is 23.8 Å². The summed E-state index contributed by atoms with van der Waals surface area (Å²) in [5.74, 6) is -1.36. The molecule has 0 radical (unpaired) electrons. The normalized spacial score (nSPS) is 30.6. The van der Waals surface area contributed by atoms with E-state index in [1.807, 2.05) is 0 Å². The average Bonchev–Trinajstić information content (AvgIpc) is 2.91. The summed E-state index contributed by atoms with van der Waals surface area (Å²) in [6.45, 7) is 0.727. The summed E-state index contributed by atoms with van der Waals surface area (Å²) in [7, 11) is -3.85. The monoisotopic (exact) mass is 302 g/mol. The molecule has 2 aliphatic rings. The lowest BCUT2D eigenvalue weighted by Crippen LogP contribution is -2.33. The van der Waals surface area contributed by atoms with E-state index in [0.29, 0.717) is 19.2 Å². The third kappa shape index (κ3) is 2.23. The molecule has 3 rings (SSSR count). The van der Waals surface area contributed by atoms with E-state index in [0.717, 1.165) is 25.0 Å². The van der Waals surface area contributed by atoms with E-state index in [1.54, 1.807) is 0 Å². The highest BCUT2D eigenvalue weighted by molar-refractivity contribution is 7.89. The van der Waals surface area contributed by atoms with Crippen LogP contribution in [0.2, 0.25) is 0 Å². The molecule has 4 nitrogen and oxygen atoms in total. The van der Waals surface area contributed by atoms with Gasteiger partial charge in [-0.3, -0.25) is 0 Å². The number of rotatable bonds is 2. The Morgan fingerprint density at radius 1 is 1.10 bits per heavy atom. The van der Waals surface area contributed by atoms with Crippen LogP contribution in [0.15, 0.2) is 23.1 Å². The Labute approximate surface area is 116 Å². The van der Waals surface area contributed by atoms with Gasteiger partial charge in [0.1, 0.15) is 11.6 Å². The van der Waals surface area contributed by atoms with Crippen molar-refractivity contribution < 1.29 is 17.2 Å². The van der Waals surface area contributed by atoms with Crippen LogP contribution in [0.25, 0.3) is 0 Å². The maximum Gasteiger partial charge on any atom is 0.243 e. The first-order valence-corrected chi connectivity index (χ1v) is 8.04. The number of fused-ring (bicyclic) bond motifs is 1. The van der Waals surface area contributed by atoms with Gasteiger partial charge >= 0.3 is 0 Å². The topological polar surface area (TPSA) is 63.4 Å². The van der Waals surface area contributed by atoms with E-state index in [9.17, 15) is 17.2 Å². The Morgan fingerprint density at radius 3 is 2.35 bits per heavy atom. The lowest BCUT2D eigenvalue weighted by atomic mass is 9.98. The third-order valence-corrected chi connectivity index (χ3v) is 6.16. The van der Waals surface area contributed by atoms with Crippen LogP contribution in [0.4, 0.5) is 8.78 Å². The van der Waals surface area contributed by atoms with E-state index in [4.69, 9.17) is 5.73 Å². The van der Waals surface area contributed by atoms with Gasteiger partial charge in [-0.25, -0.2) is 17.2 Å². The van der Waals surface area contributed by atoms with E-state index in [2.05, 4.69) is 0 Å². The molecule has 1 saturated carbocycles. The van der Waals surface area contributed by atoms with Crippen LogP contribution in [0.1, 0.15) is 12.8 Å². The van der Waals surface area contributed by atoms with Crippen LogP contribution in [-0.2, 0) is 10.0 Å². The molecule has 1 aliphatic carbocycles. The zero-order valence-corrected chi connectivity index (χ0v) is 11.6. The second kappa shape index (κ2) is 4.75. The van der Waals surface area contributed by atoms with Crippen LogP contribution in [0.5, 0.6) is 0 Å². The molecule has 2 N–H and O–H groups in total. The molecule has 0 aromatic heterocycles. The second-order valence-electron chi connectivity index (χ2n) is 5.59. The predicted molar refractivity (Wildman–Crippen MR) is 69.3 cm³/mol. The fourth-order valence-electron chi connectivity index (χ4n) is 3.29. The van der Waals surface area contributed by atoms with Crippen LogP contribution >= 0.6 is 0 Å². The highest BCUT2D eigenvalue weighted by atomic mass is 32.2. The van der Waals surface area contributed by atoms with Crippen molar-refractivity contribution in [1.82, 2.24) is 4.31 Å². The molecule has 1 heterocycles. The maximum absolute atomic E-state index is 13.2. The van der Waals surface area contributed by atoms with Gasteiger partial charge in [-0.2, -0.15) is 4.31 Å². The molecule has 0 bridgehead atoms. The van der Waals surface area contributed by atoms with Gasteiger partial charge < -0.3 is 5.73 Å². The summed E-state index contributed by atoms with van der Waals surface area (Å²) < 4.78 is 52.5. The van der Waals surface area contributed by atoms with Crippen LogP contribution in [0.3, 0.4) is 0 Å². The van der Waals surface area contributed by atoms with E-state index in [-0.39, 0.29) is 22.8 Å². The Balaban J connectivity index is 1.90. The molecule has 3 atom stereocenters. The van der Waals surface area contributed by atoms with Gasteiger partial charge in [0.25, 0.3) is 0 Å². The first-order valence-electron chi connectivity index (χ1n) is 6.60. The fourth-order valence-corrected chi connectivity index (χ4v) is 4.87. The number of hydrogen-bond acceptors (Lipinski definition) is 3. The van der Waals surface area contributed by atoms with Gasteiger partial charge in [0.2, 0.25) is 10.0 Å². The molecule has 3 unspecified atom stereocenters. The Kier molecular flexibility index (Phi) is 3.30. The van der Waals surface area contributed by atoms with Crippen LogP contribution in [0, 0.1) is 23.5 Å². The first kappa shape index (κ1) is 13.9. The molecular formula is C13H16F2N2O2S. The lowest BCUT2D eigenvalue weighted by molar-refractivity contribution is 0.426. The van der Waals surface area contributed by atoms with Crippen molar-refractivity contribution in [2.24, 2.45) is 17.6 Å². The number of sulfonamides is 1. The quantitative estimate of drug-likeness (QED) is 0.896. The van der Waals surface area contributed by atoms with Crippen molar-refractivity contribution in [3.05, 3.63) is 29.8 Å². The van der Waals surface area contributed by atoms with Gasteiger partial charge in [-0.1, -0.05) is 0 Å². The minimum Gasteiger partial charge on any atom is -0.327 e. The molecule has 110 valence electrons. The smallest absolute Gasteiger partial charge is 0.243 e. The molecule has 0 amide bonds. The SMILES string of the molecule is NC1CCC2CN(S(=O)(=O)c3cc(F)cc(F)c3)CC12. The molecule has 1 aliphatic heterocycles. The highest BCUT2D eigenvalue weighted by Gasteiger charge is 2.45. The highest BCUT2D eigenvalue weighted by Crippen LogP contribution is 2.39. The number of nitrogens with zero attached hydrogens (tertiary/aromatic N) is 1. The summed E-state index contributed by atoms with van der Waals surface area (Å²) >= 11 is 0. The number of nitrogens with two attached hydrogens (primary N) is 1. The standard InChI is InChI=1S/C13H16F2N2O2S/c14-9-3-10(15)5-11(4-9)20(18,19)17-6-8-1-2-13(16)12(8)7-17/h3-5,8,12-13H,1-2,6-7,16H2. The average molecular weight is 302 g/mol. The van der Waals surface area contributed by atoms with Gasteiger partial charge in [0.15, 0.2) is 0 Å². The van der Waals surface area contributed by atoms with Crippen molar-refractivity contribution in [2.75, 3.05) is 13.1 Å². The van der Waals surface area contributed by atoms with Crippen molar-refractivity contribution >= 4 is 10.0 Å². The summed E-state index contributed by atoms with van der Waals surface area (Å²) in [6.07, 6.45) is 1.83. The summed E-state index contributed by atoms with van der Waals surface area (Å²) in [5.41, 5.74) is 5.97. The second-order valence-corrected chi connectivity index (χ2v) is 7.53. The minimum absolute atomic E-state index is 0.0180. The molecule has 2 fully saturated rings. The van der Waals surface area contributed by atoms with Crippen molar-refractivity contribution in [3.63, 3.8) is 0 Å². The van der Waals surface area contributed by atoms with Crippen LogP contribution < -0.4 is 5.73 Å². The molecule has 1 aromatic rings. The zero-order valence-electron chi connectivity index (χ0n) is 10.8. The van der Waals surface area contributed by atoms with Crippen molar-refractivity contribution in [1.29, 1.82) is 0 Å². The number of hydrogen-bond donors (Lipinski definition) is 1. The Hall–Kier alpha value is -1.05. The third-order valence-electron chi connectivity index (χ3n) is 4.35. The number of halogens is 2. The van der Waals surface area contributed by atoms with Gasteiger partial charge in [0.05, 0.1) is 4.90 Å². The minimum atomic E-state index is -3.85. The van der Waals surface area contributed by atoms with Gasteiger partial charge in [-0.05, 0) is 36.8 Å². The Morgan fingerprint density at radius 2 is 1.75 bits per heavy atom. The largest absolute Gasteiger partial charge is 0.327 e. The van der Waals surface area contributed by atoms with E-state index in [1.165, 1.54) is 4.31 Å². The van der Waals surface area contributed by atoms with Gasteiger partial charge in [-0.15, -0.1) is 0 Å². The summed E-state index contributed by atoms with van der Waals surface area (Å²) in [5, 5.41) is 0. The molecule has 20 heavy (non-hydrogen) atoms. The molecular weight excluding hydrogens is 286 g/mol. The Bertz CT molecular complexity index is 615. The predicted octanol–water partition coefficient (Wildman–Crippen LogP) is 1.32. The van der Waals surface area contributed by atoms with Crippen molar-refractivity contribution in [3.8, 4) is 0 Å². The molecule has 1 aromatic carbocycles. The van der Waals surface area contributed by atoms with Gasteiger partial charge in [0, 0.05) is 25.2 Å². The summed E-state index contributed by atoms with van der Waals surface area (Å²) in [4.78, 5) is -0.330. The maximum atomic E-state index is 13.2. The molecule has 0 spiro atoms. The fraction of sp³-hybridized carbons (Fsp3) is 0.538. The van der Waals surface area contributed by atoms with E-state index < -0.39 is 21.7 Å². The molecule has 7 heteroatoms. The zero-order chi connectivity index (χ0) is 14.5.